The average Bonchev–Trinajstić information content (AvgIpc) is 3.02. The minimum absolute atomic E-state index is 0.729. The van der Waals surface area contributed by atoms with E-state index in [9.17, 15) is 5.26 Å². The van der Waals surface area contributed by atoms with Crippen molar-refractivity contribution in [3.63, 3.8) is 0 Å². The highest BCUT2D eigenvalue weighted by molar-refractivity contribution is 7.16. The van der Waals surface area contributed by atoms with Crippen molar-refractivity contribution in [2.75, 3.05) is 0 Å². The third-order valence-corrected chi connectivity index (χ3v) is 5.43. The van der Waals surface area contributed by atoms with Crippen molar-refractivity contribution in [3.8, 4) is 6.07 Å². The van der Waals surface area contributed by atoms with Gasteiger partial charge in [-0.05, 0) is 42.2 Å². The molecular formula is C15H14N2S2. The van der Waals surface area contributed by atoms with Gasteiger partial charge in [0.05, 0.1) is 5.56 Å². The first-order valence-electron chi connectivity index (χ1n) is 6.40. The number of nitrogens with zero attached hydrogens (tertiary/aromatic N) is 2. The smallest absolute Gasteiger partial charge is 0.134 e. The Hall–Kier alpha value is -1.44. The van der Waals surface area contributed by atoms with Crippen LogP contribution in [0.2, 0.25) is 0 Å². The number of rotatable bonds is 2. The molecule has 0 N–H and O–H groups in total. The van der Waals surface area contributed by atoms with Gasteiger partial charge in [-0.3, -0.25) is 0 Å². The fourth-order valence-electron chi connectivity index (χ4n) is 2.43. The third-order valence-electron chi connectivity index (χ3n) is 3.46. The van der Waals surface area contributed by atoms with Crippen LogP contribution >= 0.6 is 22.7 Å². The van der Waals surface area contributed by atoms with Gasteiger partial charge in [-0.1, -0.05) is 13.0 Å². The summed E-state index contributed by atoms with van der Waals surface area (Å²) >= 11 is 3.36. The lowest BCUT2D eigenvalue weighted by Crippen LogP contribution is -2.09. The Morgan fingerprint density at radius 2 is 2.42 bits per heavy atom. The first kappa shape index (κ1) is 12.6. The van der Waals surface area contributed by atoms with Crippen LogP contribution in [-0.2, 0) is 12.8 Å². The summed E-state index contributed by atoms with van der Waals surface area (Å²) in [7, 11) is 0. The summed E-state index contributed by atoms with van der Waals surface area (Å²) < 4.78 is 0. The molecular weight excluding hydrogens is 272 g/mol. The van der Waals surface area contributed by atoms with Crippen LogP contribution in [0.15, 0.2) is 22.5 Å². The fraction of sp³-hybridized carbons (Fsp3) is 0.333. The summed E-state index contributed by atoms with van der Waals surface area (Å²) in [5, 5.41) is 12.3. The number of hydrogen-bond donors (Lipinski definition) is 0. The van der Waals surface area contributed by atoms with Crippen molar-refractivity contribution < 1.29 is 0 Å². The molecule has 0 bridgehead atoms. The second-order valence-electron chi connectivity index (χ2n) is 4.92. The van der Waals surface area contributed by atoms with E-state index in [1.807, 2.05) is 23.7 Å². The van der Waals surface area contributed by atoms with Gasteiger partial charge in [0.25, 0.3) is 0 Å². The van der Waals surface area contributed by atoms with Gasteiger partial charge in [0.1, 0.15) is 11.1 Å². The zero-order chi connectivity index (χ0) is 13.2. The monoisotopic (exact) mass is 286 g/mol. The molecule has 0 spiro atoms. The number of aliphatic imine (C=N–C) groups is 1. The number of fused-ring (bicyclic) bond motifs is 1. The van der Waals surface area contributed by atoms with Gasteiger partial charge in [-0.2, -0.15) is 5.26 Å². The van der Waals surface area contributed by atoms with E-state index in [0.717, 1.165) is 34.2 Å². The van der Waals surface area contributed by atoms with Gasteiger partial charge in [0, 0.05) is 16.0 Å². The van der Waals surface area contributed by atoms with Crippen molar-refractivity contribution in [1.82, 2.24) is 0 Å². The molecule has 19 heavy (non-hydrogen) atoms. The number of nitriles is 1. The van der Waals surface area contributed by atoms with Crippen LogP contribution in [-0.4, -0.2) is 6.21 Å². The van der Waals surface area contributed by atoms with Crippen LogP contribution in [0.5, 0.6) is 0 Å². The zero-order valence-electron chi connectivity index (χ0n) is 10.7. The lowest BCUT2D eigenvalue weighted by molar-refractivity contribution is 0.507. The van der Waals surface area contributed by atoms with E-state index in [2.05, 4.69) is 18.0 Å². The highest BCUT2D eigenvalue weighted by atomic mass is 32.1. The summed E-state index contributed by atoms with van der Waals surface area (Å²) in [6.45, 7) is 2.28. The standard InChI is InChI=1S/C15H14N2S2/c1-10-4-5-12-13(8-16)15(19-14(12)7-10)17-9-11-3-2-6-18-11/h2-3,6,9-10H,4-5,7H2,1H3. The largest absolute Gasteiger partial charge is 0.243 e. The molecule has 3 rings (SSSR count). The lowest BCUT2D eigenvalue weighted by atomic mass is 9.89. The van der Waals surface area contributed by atoms with Crippen molar-refractivity contribution in [1.29, 1.82) is 5.26 Å². The lowest BCUT2D eigenvalue weighted by Gasteiger charge is -2.17. The molecule has 0 aromatic carbocycles. The molecule has 2 heterocycles. The topological polar surface area (TPSA) is 36.1 Å². The van der Waals surface area contributed by atoms with Gasteiger partial charge >= 0.3 is 0 Å². The predicted molar refractivity (Wildman–Crippen MR) is 81.8 cm³/mol. The first-order valence-corrected chi connectivity index (χ1v) is 8.09. The molecule has 1 aliphatic carbocycles. The summed E-state index contributed by atoms with van der Waals surface area (Å²) in [5.41, 5.74) is 2.06. The van der Waals surface area contributed by atoms with Gasteiger partial charge < -0.3 is 0 Å². The Morgan fingerprint density at radius 3 is 3.16 bits per heavy atom. The molecule has 0 amide bonds. The average molecular weight is 286 g/mol. The maximum atomic E-state index is 9.37. The van der Waals surface area contributed by atoms with E-state index in [1.165, 1.54) is 16.9 Å². The van der Waals surface area contributed by atoms with E-state index >= 15 is 0 Å². The highest BCUT2D eigenvalue weighted by Gasteiger charge is 2.23. The maximum absolute atomic E-state index is 9.37. The van der Waals surface area contributed by atoms with E-state index in [1.54, 1.807) is 22.7 Å². The molecule has 1 atom stereocenters. The minimum atomic E-state index is 0.729. The second-order valence-corrected chi connectivity index (χ2v) is 6.98. The Morgan fingerprint density at radius 1 is 1.53 bits per heavy atom. The Bertz CT molecular complexity index is 644. The van der Waals surface area contributed by atoms with E-state index in [4.69, 9.17) is 0 Å². The molecule has 0 radical (unpaired) electrons. The van der Waals surface area contributed by atoms with Gasteiger partial charge in [0.15, 0.2) is 0 Å². The third kappa shape index (κ3) is 2.49. The van der Waals surface area contributed by atoms with Crippen LogP contribution in [0, 0.1) is 17.2 Å². The molecule has 2 nitrogen and oxygen atoms in total. The second kappa shape index (κ2) is 5.28. The van der Waals surface area contributed by atoms with Crippen molar-refractivity contribution in [3.05, 3.63) is 38.4 Å². The van der Waals surface area contributed by atoms with Crippen LogP contribution in [0.4, 0.5) is 5.00 Å². The van der Waals surface area contributed by atoms with Gasteiger partial charge in [-0.25, -0.2) is 4.99 Å². The van der Waals surface area contributed by atoms with Crippen molar-refractivity contribution >= 4 is 33.9 Å². The molecule has 1 aliphatic rings. The Balaban J connectivity index is 1.96. The number of hydrogen-bond acceptors (Lipinski definition) is 4. The molecule has 4 heteroatoms. The summed E-state index contributed by atoms with van der Waals surface area (Å²) in [5.74, 6) is 0.729. The molecule has 96 valence electrons. The van der Waals surface area contributed by atoms with Crippen molar-refractivity contribution in [2.45, 2.75) is 26.2 Å². The van der Waals surface area contributed by atoms with Crippen LogP contribution in [0.1, 0.15) is 34.2 Å². The molecule has 0 saturated carbocycles. The van der Waals surface area contributed by atoms with E-state index < -0.39 is 0 Å². The summed E-state index contributed by atoms with van der Waals surface area (Å²) in [6.07, 6.45) is 5.19. The Labute approximate surface area is 121 Å². The Kier molecular flexibility index (Phi) is 3.50. The molecule has 0 saturated heterocycles. The van der Waals surface area contributed by atoms with Crippen molar-refractivity contribution in [2.24, 2.45) is 10.9 Å². The maximum Gasteiger partial charge on any atom is 0.134 e. The van der Waals surface area contributed by atoms with Crippen LogP contribution in [0.3, 0.4) is 0 Å². The molecule has 2 aromatic rings. The predicted octanol–water partition coefficient (Wildman–Crippen LogP) is 4.56. The van der Waals surface area contributed by atoms with Gasteiger partial charge in [0.2, 0.25) is 0 Å². The summed E-state index contributed by atoms with van der Waals surface area (Å²) in [4.78, 5) is 7.03. The summed E-state index contributed by atoms with van der Waals surface area (Å²) in [6, 6.07) is 6.40. The first-order chi connectivity index (χ1) is 9.28. The van der Waals surface area contributed by atoms with Gasteiger partial charge in [-0.15, -0.1) is 22.7 Å². The molecule has 0 aliphatic heterocycles. The van der Waals surface area contributed by atoms with Crippen LogP contribution in [0.25, 0.3) is 0 Å². The van der Waals surface area contributed by atoms with E-state index in [0.29, 0.717) is 0 Å². The molecule has 0 fully saturated rings. The highest BCUT2D eigenvalue weighted by Crippen LogP contribution is 2.40. The van der Waals surface area contributed by atoms with Crippen LogP contribution < -0.4 is 0 Å². The normalized spacial score (nSPS) is 18.4. The molecule has 2 aromatic heterocycles. The van der Waals surface area contributed by atoms with E-state index in [-0.39, 0.29) is 0 Å². The SMILES string of the molecule is CC1CCc2c(sc(N=Cc3cccs3)c2C#N)C1. The number of thiophene rings is 2. The quantitative estimate of drug-likeness (QED) is 0.746. The fourth-order valence-corrected chi connectivity index (χ4v) is 4.32. The molecule has 1 unspecified atom stereocenters. The zero-order valence-corrected chi connectivity index (χ0v) is 12.4. The minimum Gasteiger partial charge on any atom is -0.243 e.